The number of hydrogen-bond acceptors (Lipinski definition) is 4. The molecule has 8 heteroatoms. The Balaban J connectivity index is 2.14. The van der Waals surface area contributed by atoms with E-state index in [1.54, 1.807) is 0 Å². The Morgan fingerprint density at radius 2 is 1.88 bits per heavy atom. The van der Waals surface area contributed by atoms with Crippen LogP contribution in [0.4, 0.5) is 10.1 Å². The highest BCUT2D eigenvalue weighted by molar-refractivity contribution is 7.89. The van der Waals surface area contributed by atoms with E-state index in [4.69, 9.17) is 4.74 Å². The molecule has 0 bridgehead atoms. The lowest BCUT2D eigenvalue weighted by molar-refractivity contribution is 0.102. The Morgan fingerprint density at radius 1 is 1.17 bits per heavy atom. The number of nitrogens with one attached hydrogen (secondary N) is 2. The summed E-state index contributed by atoms with van der Waals surface area (Å²) in [5.74, 6) is -0.904. The van der Waals surface area contributed by atoms with Crippen molar-refractivity contribution < 1.29 is 22.3 Å². The van der Waals surface area contributed by atoms with E-state index in [1.165, 1.54) is 55.6 Å². The number of benzene rings is 2. The van der Waals surface area contributed by atoms with Crippen molar-refractivity contribution in [2.45, 2.75) is 4.90 Å². The molecule has 2 rings (SSSR count). The van der Waals surface area contributed by atoms with Gasteiger partial charge in [-0.3, -0.25) is 4.79 Å². The molecule has 0 aromatic heterocycles. The summed E-state index contributed by atoms with van der Waals surface area (Å²) in [6.45, 7) is 0.370. The number of anilines is 1. The number of methoxy groups -OCH3 is 1. The number of rotatable bonds is 7. The summed E-state index contributed by atoms with van der Waals surface area (Å²) in [6.07, 6.45) is 0. The summed E-state index contributed by atoms with van der Waals surface area (Å²) in [5, 5.41) is 2.58. The van der Waals surface area contributed by atoms with E-state index >= 15 is 0 Å². The molecular formula is C16H17FN2O4S. The van der Waals surface area contributed by atoms with Gasteiger partial charge in [0.05, 0.1) is 11.5 Å². The van der Waals surface area contributed by atoms with Crippen LogP contribution in [0.5, 0.6) is 0 Å². The van der Waals surface area contributed by atoms with Gasteiger partial charge < -0.3 is 10.1 Å². The van der Waals surface area contributed by atoms with Crippen molar-refractivity contribution in [3.05, 3.63) is 59.9 Å². The molecule has 0 aliphatic rings. The average molecular weight is 352 g/mol. The third kappa shape index (κ3) is 4.85. The van der Waals surface area contributed by atoms with Crippen LogP contribution in [0.2, 0.25) is 0 Å². The second-order valence-corrected chi connectivity index (χ2v) is 6.65. The second-order valence-electron chi connectivity index (χ2n) is 4.88. The van der Waals surface area contributed by atoms with Crippen molar-refractivity contribution in [1.29, 1.82) is 0 Å². The van der Waals surface area contributed by atoms with Crippen LogP contribution in [-0.4, -0.2) is 34.6 Å². The monoisotopic (exact) mass is 352 g/mol. The van der Waals surface area contributed by atoms with Crippen molar-refractivity contribution in [1.82, 2.24) is 4.72 Å². The number of hydrogen-bond donors (Lipinski definition) is 2. The minimum absolute atomic E-state index is 0.0228. The van der Waals surface area contributed by atoms with Crippen LogP contribution in [0.25, 0.3) is 0 Å². The third-order valence-electron chi connectivity index (χ3n) is 3.11. The van der Waals surface area contributed by atoms with Gasteiger partial charge in [0.25, 0.3) is 5.91 Å². The first-order valence-corrected chi connectivity index (χ1v) is 8.56. The first-order valence-electron chi connectivity index (χ1n) is 7.08. The summed E-state index contributed by atoms with van der Waals surface area (Å²) in [5.41, 5.74) is 0.585. The van der Waals surface area contributed by atoms with Gasteiger partial charge in [-0.05, 0) is 42.5 Å². The lowest BCUT2D eigenvalue weighted by Crippen LogP contribution is -2.27. The fourth-order valence-corrected chi connectivity index (χ4v) is 2.96. The number of carbonyl (C=O) groups excluding carboxylic acids is 1. The normalized spacial score (nSPS) is 11.2. The highest BCUT2D eigenvalue weighted by atomic mass is 32.2. The highest BCUT2D eigenvalue weighted by Gasteiger charge is 2.16. The van der Waals surface area contributed by atoms with E-state index in [0.717, 1.165) is 0 Å². The molecule has 1 amide bonds. The van der Waals surface area contributed by atoms with Crippen LogP contribution in [-0.2, 0) is 14.8 Å². The maximum Gasteiger partial charge on any atom is 0.255 e. The number of sulfonamides is 1. The van der Waals surface area contributed by atoms with Crippen LogP contribution in [0, 0.1) is 5.82 Å². The van der Waals surface area contributed by atoms with Crippen LogP contribution in [0.3, 0.4) is 0 Å². The zero-order valence-electron chi connectivity index (χ0n) is 13.0. The zero-order chi connectivity index (χ0) is 17.6. The molecule has 0 fully saturated rings. The molecule has 0 spiro atoms. The molecular weight excluding hydrogens is 335 g/mol. The van der Waals surface area contributed by atoms with Crippen molar-refractivity contribution in [2.75, 3.05) is 25.6 Å². The quantitative estimate of drug-likeness (QED) is 0.747. The maximum atomic E-state index is 12.9. The Morgan fingerprint density at radius 3 is 2.54 bits per heavy atom. The predicted molar refractivity (Wildman–Crippen MR) is 87.9 cm³/mol. The molecule has 2 aromatic carbocycles. The second kappa shape index (κ2) is 8.00. The molecule has 0 saturated heterocycles. The summed E-state index contributed by atoms with van der Waals surface area (Å²) in [7, 11) is -2.26. The summed E-state index contributed by atoms with van der Waals surface area (Å²) in [6, 6.07) is 10.9. The fourth-order valence-electron chi connectivity index (χ4n) is 1.90. The molecule has 2 N–H and O–H groups in total. The van der Waals surface area contributed by atoms with E-state index in [9.17, 15) is 17.6 Å². The Bertz CT molecular complexity index is 807. The minimum Gasteiger partial charge on any atom is -0.383 e. The Labute approximate surface area is 139 Å². The van der Waals surface area contributed by atoms with Gasteiger partial charge in [0.15, 0.2) is 0 Å². The smallest absolute Gasteiger partial charge is 0.255 e. The molecule has 0 atom stereocenters. The first-order chi connectivity index (χ1) is 11.4. The molecule has 0 aliphatic carbocycles. The summed E-state index contributed by atoms with van der Waals surface area (Å²) >= 11 is 0. The molecule has 0 heterocycles. The van der Waals surface area contributed by atoms with E-state index in [0.29, 0.717) is 5.69 Å². The number of halogens is 1. The number of ether oxygens (including phenoxy) is 1. The van der Waals surface area contributed by atoms with E-state index in [-0.39, 0.29) is 23.6 Å². The largest absolute Gasteiger partial charge is 0.383 e. The van der Waals surface area contributed by atoms with E-state index < -0.39 is 21.7 Å². The van der Waals surface area contributed by atoms with Gasteiger partial charge in [-0.2, -0.15) is 0 Å². The van der Waals surface area contributed by atoms with Crippen LogP contribution < -0.4 is 10.0 Å². The van der Waals surface area contributed by atoms with Gasteiger partial charge in [-0.15, -0.1) is 0 Å². The van der Waals surface area contributed by atoms with Crippen molar-refractivity contribution in [3.8, 4) is 0 Å². The average Bonchev–Trinajstić information content (AvgIpc) is 2.57. The Kier molecular flexibility index (Phi) is 6.02. The van der Waals surface area contributed by atoms with Crippen LogP contribution >= 0.6 is 0 Å². The lowest BCUT2D eigenvalue weighted by Gasteiger charge is -2.09. The molecule has 128 valence electrons. The van der Waals surface area contributed by atoms with Gasteiger partial charge >= 0.3 is 0 Å². The van der Waals surface area contributed by atoms with Gasteiger partial charge in [-0.1, -0.05) is 6.07 Å². The van der Waals surface area contributed by atoms with Gasteiger partial charge in [0, 0.05) is 24.9 Å². The fraction of sp³-hybridized carbons (Fsp3) is 0.188. The molecule has 6 nitrogen and oxygen atoms in total. The predicted octanol–water partition coefficient (Wildman–Crippen LogP) is 2.00. The molecule has 24 heavy (non-hydrogen) atoms. The first kappa shape index (κ1) is 18.1. The standard InChI is InChI=1S/C16H17FN2O4S/c1-23-10-9-18-24(21,22)15-4-2-3-12(11-15)16(20)19-14-7-5-13(17)6-8-14/h2-8,11,18H,9-10H2,1H3,(H,19,20). The third-order valence-corrected chi connectivity index (χ3v) is 4.57. The van der Waals surface area contributed by atoms with E-state index in [2.05, 4.69) is 10.0 Å². The van der Waals surface area contributed by atoms with Gasteiger partial charge in [0.1, 0.15) is 5.82 Å². The highest BCUT2D eigenvalue weighted by Crippen LogP contribution is 2.14. The van der Waals surface area contributed by atoms with Crippen molar-refractivity contribution in [3.63, 3.8) is 0 Å². The summed E-state index contributed by atoms with van der Waals surface area (Å²) < 4.78 is 44.3. The molecule has 0 unspecified atom stereocenters. The van der Waals surface area contributed by atoms with Crippen LogP contribution in [0.1, 0.15) is 10.4 Å². The van der Waals surface area contributed by atoms with Crippen LogP contribution in [0.15, 0.2) is 53.4 Å². The van der Waals surface area contributed by atoms with Crippen molar-refractivity contribution in [2.24, 2.45) is 0 Å². The Hall–Kier alpha value is -2.29. The van der Waals surface area contributed by atoms with E-state index in [1.807, 2.05) is 0 Å². The molecule has 2 aromatic rings. The lowest BCUT2D eigenvalue weighted by atomic mass is 10.2. The zero-order valence-corrected chi connectivity index (χ0v) is 13.8. The maximum absolute atomic E-state index is 12.9. The number of amides is 1. The molecule has 0 radical (unpaired) electrons. The van der Waals surface area contributed by atoms with Gasteiger partial charge in [-0.25, -0.2) is 17.5 Å². The molecule has 0 saturated carbocycles. The van der Waals surface area contributed by atoms with Crippen molar-refractivity contribution >= 4 is 21.6 Å². The topological polar surface area (TPSA) is 84.5 Å². The summed E-state index contributed by atoms with van der Waals surface area (Å²) in [4.78, 5) is 12.2. The SMILES string of the molecule is COCCNS(=O)(=O)c1cccc(C(=O)Nc2ccc(F)cc2)c1. The number of carbonyl (C=O) groups is 1. The van der Waals surface area contributed by atoms with Gasteiger partial charge in [0.2, 0.25) is 10.0 Å². The molecule has 0 aliphatic heterocycles. The minimum atomic E-state index is -3.73.